The molecule has 0 atom stereocenters. The molecule has 0 heterocycles. The van der Waals surface area contributed by atoms with Crippen LogP contribution in [0.3, 0.4) is 0 Å². The molecule has 0 saturated carbocycles. The zero-order chi connectivity index (χ0) is 18.2. The van der Waals surface area contributed by atoms with Crippen LogP contribution < -0.4 is 9.64 Å². The van der Waals surface area contributed by atoms with E-state index in [-0.39, 0.29) is 24.8 Å². The van der Waals surface area contributed by atoms with Gasteiger partial charge in [-0.2, -0.15) is 0 Å². The summed E-state index contributed by atoms with van der Waals surface area (Å²) >= 11 is 12.0. The SMILES string of the molecule is CCOC(=O)CN(C(=O)COc1cccc(Cl)c1Cl)c1ccccc1. The summed E-state index contributed by atoms with van der Waals surface area (Å²) in [6, 6.07) is 13.7. The van der Waals surface area contributed by atoms with Crippen LogP contribution in [0.15, 0.2) is 48.5 Å². The molecule has 25 heavy (non-hydrogen) atoms. The molecule has 0 fully saturated rings. The van der Waals surface area contributed by atoms with Crippen LogP contribution in [-0.4, -0.2) is 31.6 Å². The number of benzene rings is 2. The molecule has 0 saturated heterocycles. The van der Waals surface area contributed by atoms with E-state index in [1.165, 1.54) is 4.90 Å². The van der Waals surface area contributed by atoms with E-state index >= 15 is 0 Å². The van der Waals surface area contributed by atoms with Gasteiger partial charge in [0.1, 0.15) is 17.3 Å². The van der Waals surface area contributed by atoms with Gasteiger partial charge in [-0.1, -0.05) is 47.5 Å². The second kappa shape index (κ2) is 9.30. The second-order valence-electron chi connectivity index (χ2n) is 4.96. The first-order valence-corrected chi connectivity index (χ1v) is 8.36. The zero-order valence-corrected chi connectivity index (χ0v) is 15.1. The molecule has 7 heteroatoms. The highest BCUT2D eigenvalue weighted by Crippen LogP contribution is 2.31. The van der Waals surface area contributed by atoms with E-state index < -0.39 is 11.9 Å². The van der Waals surface area contributed by atoms with E-state index in [9.17, 15) is 9.59 Å². The average molecular weight is 382 g/mol. The number of carbonyl (C=O) groups is 2. The molecule has 0 radical (unpaired) electrons. The number of halogens is 2. The van der Waals surface area contributed by atoms with Gasteiger partial charge in [0.25, 0.3) is 5.91 Å². The first-order valence-electron chi connectivity index (χ1n) is 7.60. The molecule has 0 spiro atoms. The molecule has 0 aliphatic carbocycles. The molecule has 5 nitrogen and oxygen atoms in total. The molecule has 0 unspecified atom stereocenters. The van der Waals surface area contributed by atoms with Gasteiger partial charge in [0, 0.05) is 5.69 Å². The Morgan fingerprint density at radius 2 is 1.76 bits per heavy atom. The maximum Gasteiger partial charge on any atom is 0.326 e. The number of para-hydroxylation sites is 1. The van der Waals surface area contributed by atoms with Crippen molar-refractivity contribution in [1.82, 2.24) is 0 Å². The Kier molecular flexibility index (Phi) is 7.10. The zero-order valence-electron chi connectivity index (χ0n) is 13.6. The van der Waals surface area contributed by atoms with Crippen molar-refractivity contribution < 1.29 is 19.1 Å². The summed E-state index contributed by atoms with van der Waals surface area (Å²) in [5, 5.41) is 0.562. The molecule has 1 amide bonds. The van der Waals surface area contributed by atoms with E-state index in [2.05, 4.69) is 0 Å². The number of esters is 1. The number of anilines is 1. The fourth-order valence-electron chi connectivity index (χ4n) is 2.08. The van der Waals surface area contributed by atoms with E-state index in [4.69, 9.17) is 32.7 Å². The highest BCUT2D eigenvalue weighted by molar-refractivity contribution is 6.42. The number of hydrogen-bond acceptors (Lipinski definition) is 4. The van der Waals surface area contributed by atoms with Crippen molar-refractivity contribution >= 4 is 40.8 Å². The van der Waals surface area contributed by atoms with Gasteiger partial charge in [-0.15, -0.1) is 0 Å². The molecule has 0 N–H and O–H groups in total. The monoisotopic (exact) mass is 381 g/mol. The Hall–Kier alpha value is -2.24. The molecular formula is C18H17Cl2NO4. The minimum absolute atomic E-state index is 0.205. The average Bonchev–Trinajstić information content (AvgIpc) is 2.61. The molecule has 2 aromatic rings. The van der Waals surface area contributed by atoms with Crippen molar-refractivity contribution in [2.45, 2.75) is 6.92 Å². The lowest BCUT2D eigenvalue weighted by molar-refractivity contribution is -0.142. The van der Waals surface area contributed by atoms with Gasteiger partial charge in [-0.05, 0) is 31.2 Å². The van der Waals surface area contributed by atoms with Crippen LogP contribution in [-0.2, 0) is 14.3 Å². The number of hydrogen-bond donors (Lipinski definition) is 0. The van der Waals surface area contributed by atoms with Gasteiger partial charge in [0.05, 0.1) is 11.6 Å². The van der Waals surface area contributed by atoms with Crippen LogP contribution in [0.25, 0.3) is 0 Å². The second-order valence-corrected chi connectivity index (χ2v) is 5.75. The largest absolute Gasteiger partial charge is 0.482 e. The smallest absolute Gasteiger partial charge is 0.326 e. The van der Waals surface area contributed by atoms with E-state index in [0.29, 0.717) is 16.5 Å². The Bertz CT molecular complexity index is 737. The first kappa shape index (κ1) is 19.1. The summed E-state index contributed by atoms with van der Waals surface area (Å²) in [5.41, 5.74) is 0.571. The van der Waals surface area contributed by atoms with Crippen LogP contribution in [0.2, 0.25) is 10.0 Å². The lowest BCUT2D eigenvalue weighted by Crippen LogP contribution is -2.39. The summed E-state index contributed by atoms with van der Waals surface area (Å²) < 4.78 is 10.4. The molecule has 132 valence electrons. The molecule has 0 aliphatic heterocycles. The fourth-order valence-corrected chi connectivity index (χ4v) is 2.43. The predicted octanol–water partition coefficient (Wildman–Crippen LogP) is 3.97. The number of rotatable bonds is 7. The molecule has 2 rings (SSSR count). The van der Waals surface area contributed by atoms with Crippen molar-refractivity contribution in [3.63, 3.8) is 0 Å². The van der Waals surface area contributed by atoms with Crippen LogP contribution >= 0.6 is 23.2 Å². The fraction of sp³-hybridized carbons (Fsp3) is 0.222. The van der Waals surface area contributed by atoms with Crippen LogP contribution in [0.4, 0.5) is 5.69 Å². The quantitative estimate of drug-likeness (QED) is 0.680. The van der Waals surface area contributed by atoms with Gasteiger partial charge in [-0.25, -0.2) is 0 Å². The molecule has 0 aromatic heterocycles. The Morgan fingerprint density at radius 1 is 1.04 bits per heavy atom. The molecule has 0 bridgehead atoms. The summed E-state index contributed by atoms with van der Waals surface area (Å²) in [6.45, 7) is 1.44. The van der Waals surface area contributed by atoms with Gasteiger partial charge >= 0.3 is 5.97 Å². The normalized spacial score (nSPS) is 10.2. The number of amides is 1. The van der Waals surface area contributed by atoms with Crippen molar-refractivity contribution in [3.05, 3.63) is 58.6 Å². The maximum atomic E-state index is 12.6. The van der Waals surface area contributed by atoms with Crippen LogP contribution in [0.1, 0.15) is 6.92 Å². The number of carbonyl (C=O) groups excluding carboxylic acids is 2. The lowest BCUT2D eigenvalue weighted by Gasteiger charge is -2.22. The summed E-state index contributed by atoms with van der Waals surface area (Å²) in [4.78, 5) is 25.7. The molecule has 0 aliphatic rings. The van der Waals surface area contributed by atoms with E-state index in [0.717, 1.165) is 0 Å². The first-order chi connectivity index (χ1) is 12.0. The summed E-state index contributed by atoms with van der Waals surface area (Å²) in [6.07, 6.45) is 0. The van der Waals surface area contributed by atoms with Gasteiger partial charge in [-0.3, -0.25) is 14.5 Å². The highest BCUT2D eigenvalue weighted by Gasteiger charge is 2.21. The maximum absolute atomic E-state index is 12.6. The van der Waals surface area contributed by atoms with Crippen molar-refractivity contribution in [1.29, 1.82) is 0 Å². The van der Waals surface area contributed by atoms with Gasteiger partial charge in [0.15, 0.2) is 6.61 Å². The molecule has 2 aromatic carbocycles. The summed E-state index contributed by atoms with van der Waals surface area (Å²) in [5.74, 6) is -0.609. The summed E-state index contributed by atoms with van der Waals surface area (Å²) in [7, 11) is 0. The third kappa shape index (κ3) is 5.37. The number of ether oxygens (including phenoxy) is 2. The standard InChI is InChI=1S/C18H17Cl2NO4/c1-2-24-17(23)11-21(13-7-4-3-5-8-13)16(22)12-25-15-10-6-9-14(19)18(15)20/h3-10H,2,11-12H2,1H3. The van der Waals surface area contributed by atoms with Crippen molar-refractivity contribution in [3.8, 4) is 5.75 Å². The third-order valence-corrected chi connectivity index (χ3v) is 4.03. The predicted molar refractivity (Wildman–Crippen MR) is 97.4 cm³/mol. The van der Waals surface area contributed by atoms with Crippen molar-refractivity contribution in [2.75, 3.05) is 24.7 Å². The van der Waals surface area contributed by atoms with Crippen LogP contribution in [0, 0.1) is 0 Å². The topological polar surface area (TPSA) is 55.8 Å². The van der Waals surface area contributed by atoms with Crippen LogP contribution in [0.5, 0.6) is 5.75 Å². The van der Waals surface area contributed by atoms with Crippen molar-refractivity contribution in [2.24, 2.45) is 0 Å². The minimum Gasteiger partial charge on any atom is -0.482 e. The Morgan fingerprint density at radius 3 is 2.44 bits per heavy atom. The Labute approximate surface area is 156 Å². The van der Waals surface area contributed by atoms with E-state index in [1.807, 2.05) is 6.07 Å². The highest BCUT2D eigenvalue weighted by atomic mass is 35.5. The molecular weight excluding hydrogens is 365 g/mol. The lowest BCUT2D eigenvalue weighted by atomic mass is 10.3. The van der Waals surface area contributed by atoms with E-state index in [1.54, 1.807) is 49.4 Å². The van der Waals surface area contributed by atoms with Gasteiger partial charge < -0.3 is 9.47 Å². The van der Waals surface area contributed by atoms with Gasteiger partial charge in [0.2, 0.25) is 0 Å². The Balaban J connectivity index is 2.12. The minimum atomic E-state index is -0.500. The number of nitrogens with zero attached hydrogens (tertiary/aromatic N) is 1. The third-order valence-electron chi connectivity index (χ3n) is 3.23.